The zero-order chi connectivity index (χ0) is 25.5. The zero-order valence-corrected chi connectivity index (χ0v) is 20.3. The first-order valence-electron chi connectivity index (χ1n) is 12.3. The van der Waals surface area contributed by atoms with Crippen LogP contribution in [0.5, 0.6) is 0 Å². The van der Waals surface area contributed by atoms with Gasteiger partial charge >= 0.3 is 0 Å². The summed E-state index contributed by atoms with van der Waals surface area (Å²) in [4.78, 5) is 29.5. The molecule has 1 atom stereocenters. The Balaban J connectivity index is 1.58. The lowest BCUT2D eigenvalue weighted by Crippen LogP contribution is -2.47. The van der Waals surface area contributed by atoms with Crippen LogP contribution >= 0.6 is 0 Å². The highest BCUT2D eigenvalue weighted by atomic mass is 19.1. The number of hydrogen-bond acceptors (Lipinski definition) is 6. The topological polar surface area (TPSA) is 113 Å². The van der Waals surface area contributed by atoms with Crippen LogP contribution < -0.4 is 5.32 Å². The Morgan fingerprint density at radius 2 is 1.83 bits per heavy atom. The molecule has 0 radical (unpaired) electrons. The van der Waals surface area contributed by atoms with Gasteiger partial charge in [-0.15, -0.1) is 10.2 Å². The van der Waals surface area contributed by atoms with Crippen molar-refractivity contribution in [2.75, 3.05) is 13.2 Å². The second-order valence-corrected chi connectivity index (χ2v) is 9.12. The number of aliphatic hydroxyl groups excluding tert-OH is 1. The number of amides is 2. The van der Waals surface area contributed by atoms with Crippen molar-refractivity contribution in [1.29, 1.82) is 0 Å². The number of carbonyl (C=O) groups excluding carboxylic acids is 2. The van der Waals surface area contributed by atoms with Crippen molar-refractivity contribution in [2.45, 2.75) is 57.7 Å². The summed E-state index contributed by atoms with van der Waals surface area (Å²) in [5.41, 5.74) is 2.37. The predicted molar refractivity (Wildman–Crippen MR) is 131 cm³/mol. The monoisotopic (exact) mass is 494 g/mol. The molecule has 0 saturated heterocycles. The lowest BCUT2D eigenvalue weighted by molar-refractivity contribution is -0.142. The molecule has 1 aliphatic rings. The molecule has 1 heterocycles. The van der Waals surface area contributed by atoms with E-state index in [9.17, 15) is 19.1 Å². The summed E-state index contributed by atoms with van der Waals surface area (Å²) in [7, 11) is 0. The third-order valence-electron chi connectivity index (χ3n) is 6.36. The summed E-state index contributed by atoms with van der Waals surface area (Å²) in [5, 5.41) is 24.9. The van der Waals surface area contributed by atoms with E-state index < -0.39 is 17.8 Å². The van der Waals surface area contributed by atoms with Crippen LogP contribution in [0, 0.1) is 12.7 Å². The van der Waals surface area contributed by atoms with Crippen LogP contribution in [0.15, 0.2) is 48.5 Å². The fourth-order valence-electron chi connectivity index (χ4n) is 4.45. The number of carbonyl (C=O) groups is 2. The quantitative estimate of drug-likeness (QED) is 0.448. The molecule has 190 valence electrons. The molecule has 2 amide bonds. The van der Waals surface area contributed by atoms with Crippen molar-refractivity contribution in [1.82, 2.24) is 30.4 Å². The first-order chi connectivity index (χ1) is 17.4. The summed E-state index contributed by atoms with van der Waals surface area (Å²) in [5.74, 6) is -0.782. The molecule has 1 fully saturated rings. The van der Waals surface area contributed by atoms with E-state index in [0.29, 0.717) is 11.4 Å². The molecular weight excluding hydrogens is 463 g/mol. The van der Waals surface area contributed by atoms with Crippen LogP contribution in [0.4, 0.5) is 4.39 Å². The van der Waals surface area contributed by atoms with E-state index in [1.54, 1.807) is 0 Å². The van der Waals surface area contributed by atoms with Gasteiger partial charge in [-0.1, -0.05) is 54.8 Å². The summed E-state index contributed by atoms with van der Waals surface area (Å²) < 4.78 is 13.7. The van der Waals surface area contributed by atoms with Crippen molar-refractivity contribution in [3.63, 3.8) is 0 Å². The number of benzene rings is 2. The molecule has 2 aromatic carbocycles. The molecule has 0 bridgehead atoms. The largest absolute Gasteiger partial charge is 0.396 e. The van der Waals surface area contributed by atoms with E-state index in [2.05, 4.69) is 20.7 Å². The van der Waals surface area contributed by atoms with E-state index in [0.717, 1.165) is 36.8 Å². The number of aromatic nitrogens is 4. The van der Waals surface area contributed by atoms with Gasteiger partial charge in [-0.3, -0.25) is 9.59 Å². The number of hydrogen-bond donors (Lipinski definition) is 2. The number of aliphatic hydroxyl groups is 1. The zero-order valence-electron chi connectivity index (χ0n) is 20.3. The molecular formula is C26H31FN6O3. The number of nitrogens with zero attached hydrogens (tertiary/aromatic N) is 5. The van der Waals surface area contributed by atoms with Crippen molar-refractivity contribution >= 4 is 11.8 Å². The first-order valence-corrected chi connectivity index (χ1v) is 12.3. The van der Waals surface area contributed by atoms with Crippen LogP contribution in [-0.4, -0.2) is 61.2 Å². The van der Waals surface area contributed by atoms with Gasteiger partial charge in [0.25, 0.3) is 0 Å². The van der Waals surface area contributed by atoms with Gasteiger partial charge < -0.3 is 15.3 Å². The van der Waals surface area contributed by atoms with E-state index in [4.69, 9.17) is 0 Å². The highest BCUT2D eigenvalue weighted by Gasteiger charge is 2.33. The average molecular weight is 495 g/mol. The number of rotatable bonds is 10. The molecule has 1 saturated carbocycles. The second kappa shape index (κ2) is 11.9. The molecule has 1 aliphatic carbocycles. The molecule has 1 aromatic heterocycles. The number of halogens is 1. The fourth-order valence-corrected chi connectivity index (χ4v) is 4.45. The van der Waals surface area contributed by atoms with Crippen LogP contribution in [0.2, 0.25) is 0 Å². The van der Waals surface area contributed by atoms with Crippen molar-refractivity contribution < 1.29 is 19.1 Å². The third-order valence-corrected chi connectivity index (χ3v) is 6.36. The fraction of sp³-hybridized carbons (Fsp3) is 0.423. The number of aryl methyl sites for hydroxylation is 1. The minimum atomic E-state index is -0.981. The van der Waals surface area contributed by atoms with Gasteiger partial charge in [-0.2, -0.15) is 4.80 Å². The molecule has 3 aromatic rings. The minimum Gasteiger partial charge on any atom is -0.396 e. The summed E-state index contributed by atoms with van der Waals surface area (Å²) >= 11 is 0. The minimum absolute atomic E-state index is 0.0456. The maximum Gasteiger partial charge on any atom is 0.247 e. The highest BCUT2D eigenvalue weighted by molar-refractivity contribution is 5.89. The summed E-state index contributed by atoms with van der Waals surface area (Å²) in [6, 6.07) is 12.3. The Kier molecular flexibility index (Phi) is 8.37. The van der Waals surface area contributed by atoms with Gasteiger partial charge in [0.1, 0.15) is 18.4 Å². The molecule has 4 rings (SSSR count). The average Bonchev–Trinajstić information content (AvgIpc) is 3.55. The highest BCUT2D eigenvalue weighted by Crippen LogP contribution is 2.25. The molecule has 36 heavy (non-hydrogen) atoms. The van der Waals surface area contributed by atoms with Gasteiger partial charge in [0.15, 0.2) is 0 Å². The second-order valence-electron chi connectivity index (χ2n) is 9.12. The Labute approximate surface area is 209 Å². The van der Waals surface area contributed by atoms with Gasteiger partial charge in [-0.25, -0.2) is 4.39 Å². The van der Waals surface area contributed by atoms with E-state index in [1.165, 1.54) is 34.0 Å². The molecule has 0 aliphatic heterocycles. The van der Waals surface area contributed by atoms with Gasteiger partial charge in [0.2, 0.25) is 17.6 Å². The smallest absolute Gasteiger partial charge is 0.247 e. The van der Waals surface area contributed by atoms with E-state index >= 15 is 0 Å². The van der Waals surface area contributed by atoms with Crippen molar-refractivity contribution in [2.24, 2.45) is 0 Å². The maximum atomic E-state index is 13.7. The van der Waals surface area contributed by atoms with Crippen LogP contribution in [0.3, 0.4) is 0 Å². The maximum absolute atomic E-state index is 13.7. The molecule has 9 nitrogen and oxygen atoms in total. The predicted octanol–water partition coefficient (Wildman–Crippen LogP) is 2.80. The Hall–Kier alpha value is -3.66. The number of nitrogens with one attached hydrogen (secondary N) is 1. The van der Waals surface area contributed by atoms with E-state index in [1.807, 2.05) is 31.2 Å². The standard InChI is InChI=1S/C26H31FN6O3/c1-18-7-9-20(10-8-18)25-29-31-33(30-25)17-23(35)32(15-4-16-34)24(19-11-13-21(27)14-12-19)26(36)28-22-5-2-3-6-22/h7-14,22,24,34H,2-6,15-17H2,1H3,(H,28,36). The van der Waals surface area contributed by atoms with Crippen LogP contribution in [0.1, 0.15) is 49.3 Å². The normalized spacial score (nSPS) is 14.5. The summed E-state index contributed by atoms with van der Waals surface area (Å²) in [6.45, 7) is 1.73. The summed E-state index contributed by atoms with van der Waals surface area (Å²) in [6.07, 6.45) is 4.13. The van der Waals surface area contributed by atoms with E-state index in [-0.39, 0.29) is 38.1 Å². The third kappa shape index (κ3) is 6.31. The number of tetrazole rings is 1. The van der Waals surface area contributed by atoms with Crippen LogP contribution in [0.25, 0.3) is 11.4 Å². The molecule has 1 unspecified atom stereocenters. The Bertz CT molecular complexity index is 1160. The van der Waals surface area contributed by atoms with Gasteiger partial charge in [0, 0.05) is 24.8 Å². The SMILES string of the molecule is Cc1ccc(-c2nnn(CC(=O)N(CCCO)C(C(=O)NC3CCCC3)c3ccc(F)cc3)n2)cc1. The van der Waals surface area contributed by atoms with Gasteiger partial charge in [-0.05, 0) is 49.1 Å². The Morgan fingerprint density at radius 3 is 2.50 bits per heavy atom. The first kappa shape index (κ1) is 25.4. The Morgan fingerprint density at radius 1 is 1.14 bits per heavy atom. The van der Waals surface area contributed by atoms with Crippen LogP contribution in [-0.2, 0) is 16.1 Å². The lowest BCUT2D eigenvalue weighted by Gasteiger charge is -2.32. The molecule has 2 N–H and O–H groups in total. The lowest BCUT2D eigenvalue weighted by atomic mass is 10.0. The van der Waals surface area contributed by atoms with Gasteiger partial charge in [0.05, 0.1) is 0 Å². The van der Waals surface area contributed by atoms with Crippen molar-refractivity contribution in [3.05, 3.63) is 65.5 Å². The molecule has 10 heteroatoms. The molecule has 0 spiro atoms. The van der Waals surface area contributed by atoms with Crippen molar-refractivity contribution in [3.8, 4) is 11.4 Å².